The van der Waals surface area contributed by atoms with E-state index >= 15 is 0 Å². The Bertz CT molecular complexity index is 92.2. The van der Waals surface area contributed by atoms with Gasteiger partial charge in [-0.3, -0.25) is 0 Å². The van der Waals surface area contributed by atoms with E-state index in [2.05, 4.69) is 55.4 Å². The standard InChI is InChI=1S/C9H19BrS/c1-5-8(6-10)7-11-9(2,3)4/h8H,5-7H2,1-4H3. The Morgan fingerprint density at radius 2 is 1.91 bits per heavy atom. The molecule has 1 atom stereocenters. The van der Waals surface area contributed by atoms with Crippen LogP contribution in [-0.2, 0) is 0 Å². The van der Waals surface area contributed by atoms with Crippen molar-refractivity contribution in [2.24, 2.45) is 5.92 Å². The van der Waals surface area contributed by atoms with Crippen LogP contribution in [0.4, 0.5) is 0 Å². The van der Waals surface area contributed by atoms with Crippen molar-refractivity contribution in [3.63, 3.8) is 0 Å². The Balaban J connectivity index is 3.51. The molecule has 0 spiro atoms. The molecule has 0 heterocycles. The lowest BCUT2D eigenvalue weighted by atomic mass is 10.2. The lowest BCUT2D eigenvalue weighted by Gasteiger charge is -2.20. The van der Waals surface area contributed by atoms with Crippen LogP contribution in [0.3, 0.4) is 0 Å². The van der Waals surface area contributed by atoms with Crippen molar-refractivity contribution in [2.45, 2.75) is 38.9 Å². The number of thioether (sulfide) groups is 1. The number of alkyl halides is 1. The molecule has 0 aliphatic heterocycles. The number of hydrogen-bond donors (Lipinski definition) is 0. The second-order valence-corrected chi connectivity index (χ2v) is 6.35. The van der Waals surface area contributed by atoms with Crippen LogP contribution in [0.2, 0.25) is 0 Å². The third kappa shape index (κ3) is 7.20. The summed E-state index contributed by atoms with van der Waals surface area (Å²) in [5.41, 5.74) is 0. The summed E-state index contributed by atoms with van der Waals surface area (Å²) in [6.07, 6.45) is 1.29. The molecule has 0 bridgehead atoms. The predicted molar refractivity (Wildman–Crippen MR) is 59.8 cm³/mol. The number of rotatable bonds is 4. The van der Waals surface area contributed by atoms with Crippen molar-refractivity contribution >= 4 is 27.7 Å². The Morgan fingerprint density at radius 3 is 2.18 bits per heavy atom. The van der Waals surface area contributed by atoms with Gasteiger partial charge in [0.2, 0.25) is 0 Å². The van der Waals surface area contributed by atoms with E-state index in [1.165, 1.54) is 12.2 Å². The molecule has 0 aromatic carbocycles. The van der Waals surface area contributed by atoms with E-state index in [0.29, 0.717) is 4.75 Å². The van der Waals surface area contributed by atoms with Crippen LogP contribution in [0.25, 0.3) is 0 Å². The summed E-state index contributed by atoms with van der Waals surface area (Å²) in [5, 5.41) is 1.15. The van der Waals surface area contributed by atoms with Gasteiger partial charge in [0, 0.05) is 10.1 Å². The molecule has 0 N–H and O–H groups in total. The van der Waals surface area contributed by atoms with Crippen LogP contribution in [-0.4, -0.2) is 15.8 Å². The molecule has 68 valence electrons. The average molecular weight is 239 g/mol. The van der Waals surface area contributed by atoms with Crippen LogP contribution in [0, 0.1) is 5.92 Å². The first-order chi connectivity index (χ1) is 4.99. The molecule has 0 aliphatic rings. The van der Waals surface area contributed by atoms with Gasteiger partial charge in [-0.1, -0.05) is 50.0 Å². The summed E-state index contributed by atoms with van der Waals surface area (Å²) in [6.45, 7) is 9.09. The van der Waals surface area contributed by atoms with Crippen LogP contribution < -0.4 is 0 Å². The fourth-order valence-electron chi connectivity index (χ4n) is 0.639. The van der Waals surface area contributed by atoms with Gasteiger partial charge < -0.3 is 0 Å². The van der Waals surface area contributed by atoms with Gasteiger partial charge >= 0.3 is 0 Å². The summed E-state index contributed by atoms with van der Waals surface area (Å²) in [4.78, 5) is 0. The number of hydrogen-bond acceptors (Lipinski definition) is 1. The molecule has 0 fully saturated rings. The first kappa shape index (κ1) is 11.8. The maximum Gasteiger partial charge on any atom is 0.00752 e. The lowest BCUT2D eigenvalue weighted by Crippen LogP contribution is -2.13. The van der Waals surface area contributed by atoms with E-state index in [-0.39, 0.29) is 0 Å². The number of halogens is 1. The molecule has 0 aromatic heterocycles. The monoisotopic (exact) mass is 238 g/mol. The van der Waals surface area contributed by atoms with Gasteiger partial charge in [0.1, 0.15) is 0 Å². The van der Waals surface area contributed by atoms with Crippen molar-refractivity contribution in [2.75, 3.05) is 11.1 Å². The third-order valence-electron chi connectivity index (χ3n) is 1.55. The van der Waals surface area contributed by atoms with Gasteiger partial charge in [0.15, 0.2) is 0 Å². The molecule has 0 rings (SSSR count). The van der Waals surface area contributed by atoms with Gasteiger partial charge in [-0.2, -0.15) is 11.8 Å². The van der Waals surface area contributed by atoms with Crippen LogP contribution in [0.5, 0.6) is 0 Å². The van der Waals surface area contributed by atoms with E-state index in [1.807, 2.05) is 0 Å². The van der Waals surface area contributed by atoms with Crippen molar-refractivity contribution < 1.29 is 0 Å². The topological polar surface area (TPSA) is 0 Å². The van der Waals surface area contributed by atoms with Crippen LogP contribution in [0.15, 0.2) is 0 Å². The van der Waals surface area contributed by atoms with E-state index in [4.69, 9.17) is 0 Å². The molecule has 0 amide bonds. The zero-order valence-electron chi connectivity index (χ0n) is 7.98. The van der Waals surface area contributed by atoms with Crippen LogP contribution in [0.1, 0.15) is 34.1 Å². The van der Waals surface area contributed by atoms with Gasteiger partial charge in [-0.15, -0.1) is 0 Å². The minimum absolute atomic E-state index is 0.426. The Hall–Kier alpha value is 0.830. The van der Waals surface area contributed by atoms with Gasteiger partial charge in [-0.05, 0) is 11.7 Å². The van der Waals surface area contributed by atoms with E-state index in [9.17, 15) is 0 Å². The molecule has 2 heteroatoms. The predicted octanol–water partition coefficient (Wildman–Crippen LogP) is 3.94. The molecule has 0 aliphatic carbocycles. The van der Waals surface area contributed by atoms with E-state index in [0.717, 1.165) is 11.2 Å². The smallest absolute Gasteiger partial charge is 0.00752 e. The molecule has 0 radical (unpaired) electrons. The molecular weight excluding hydrogens is 220 g/mol. The maximum atomic E-state index is 3.53. The normalized spacial score (nSPS) is 15.0. The molecule has 0 saturated heterocycles. The van der Waals surface area contributed by atoms with E-state index in [1.54, 1.807) is 0 Å². The molecular formula is C9H19BrS. The first-order valence-electron chi connectivity index (χ1n) is 4.19. The second-order valence-electron chi connectivity index (χ2n) is 3.85. The fraction of sp³-hybridized carbons (Fsp3) is 1.00. The highest BCUT2D eigenvalue weighted by molar-refractivity contribution is 9.09. The summed E-state index contributed by atoms with van der Waals surface area (Å²) < 4.78 is 0.426. The van der Waals surface area contributed by atoms with Crippen LogP contribution >= 0.6 is 27.7 Å². The first-order valence-corrected chi connectivity index (χ1v) is 6.30. The Kier molecular flexibility index (Phi) is 5.88. The Morgan fingerprint density at radius 1 is 1.36 bits per heavy atom. The zero-order chi connectivity index (χ0) is 8.91. The van der Waals surface area contributed by atoms with E-state index < -0.39 is 0 Å². The van der Waals surface area contributed by atoms with Gasteiger partial charge in [-0.25, -0.2) is 0 Å². The van der Waals surface area contributed by atoms with Crippen molar-refractivity contribution in [1.82, 2.24) is 0 Å². The highest BCUT2D eigenvalue weighted by Crippen LogP contribution is 2.26. The highest BCUT2D eigenvalue weighted by atomic mass is 79.9. The van der Waals surface area contributed by atoms with Gasteiger partial charge in [0.05, 0.1) is 0 Å². The summed E-state index contributed by atoms with van der Waals surface area (Å²) in [7, 11) is 0. The fourth-order valence-corrected chi connectivity index (χ4v) is 2.72. The van der Waals surface area contributed by atoms with Crippen molar-refractivity contribution in [3.05, 3.63) is 0 Å². The average Bonchev–Trinajstić information content (AvgIpc) is 1.88. The minimum Gasteiger partial charge on any atom is -0.156 e. The summed E-state index contributed by atoms with van der Waals surface area (Å²) in [5.74, 6) is 2.13. The highest BCUT2D eigenvalue weighted by Gasteiger charge is 2.13. The molecule has 0 nitrogen and oxygen atoms in total. The summed E-state index contributed by atoms with van der Waals surface area (Å²) in [6, 6.07) is 0. The third-order valence-corrected chi connectivity index (χ3v) is 3.97. The van der Waals surface area contributed by atoms with Crippen molar-refractivity contribution in [3.8, 4) is 0 Å². The summed E-state index contributed by atoms with van der Waals surface area (Å²) >= 11 is 5.59. The zero-order valence-corrected chi connectivity index (χ0v) is 10.4. The maximum absolute atomic E-state index is 3.53. The quantitative estimate of drug-likeness (QED) is 0.669. The lowest BCUT2D eigenvalue weighted by molar-refractivity contribution is 0.646. The Labute approximate surface area is 83.6 Å². The SMILES string of the molecule is CCC(CBr)CSC(C)(C)C. The molecule has 0 aromatic rings. The van der Waals surface area contributed by atoms with Gasteiger partial charge in [0.25, 0.3) is 0 Å². The molecule has 1 unspecified atom stereocenters. The van der Waals surface area contributed by atoms with Crippen molar-refractivity contribution in [1.29, 1.82) is 0 Å². The molecule has 11 heavy (non-hydrogen) atoms. The minimum atomic E-state index is 0.426. The molecule has 0 saturated carbocycles. The second kappa shape index (κ2) is 5.47. The largest absolute Gasteiger partial charge is 0.156 e.